The topological polar surface area (TPSA) is 57.6 Å². The maximum atomic E-state index is 11.4. The molecule has 1 heterocycles. The number of carbonyl (C=O) groups excluding carboxylic acids is 1. The number of allylic oxidation sites excluding steroid dienone is 1. The molecular formula is C10H15NO3. The number of amides is 1. The van der Waals surface area contributed by atoms with Gasteiger partial charge in [0.25, 0.3) is 0 Å². The van der Waals surface area contributed by atoms with Crippen molar-refractivity contribution in [1.29, 1.82) is 0 Å². The predicted molar refractivity (Wildman–Crippen MR) is 51.8 cm³/mol. The molecule has 1 rings (SSSR count). The van der Waals surface area contributed by atoms with E-state index in [1.54, 1.807) is 17.9 Å². The lowest BCUT2D eigenvalue weighted by atomic mass is 9.98. The fraction of sp³-hybridized carbons (Fsp3) is 0.600. The van der Waals surface area contributed by atoms with Gasteiger partial charge in [0.15, 0.2) is 0 Å². The number of carboxylic acid groups (broad SMARTS) is 1. The summed E-state index contributed by atoms with van der Waals surface area (Å²) in [5.41, 5.74) is 0. The quantitative estimate of drug-likeness (QED) is 0.669. The molecule has 0 radical (unpaired) electrons. The molecule has 14 heavy (non-hydrogen) atoms. The second-order valence-electron chi connectivity index (χ2n) is 3.46. The van der Waals surface area contributed by atoms with E-state index in [1.165, 1.54) is 6.08 Å². The van der Waals surface area contributed by atoms with Crippen LogP contribution in [0.25, 0.3) is 0 Å². The van der Waals surface area contributed by atoms with Crippen LogP contribution in [0.1, 0.15) is 19.8 Å². The van der Waals surface area contributed by atoms with Crippen molar-refractivity contribution in [2.75, 3.05) is 13.1 Å². The molecule has 1 N–H and O–H groups in total. The van der Waals surface area contributed by atoms with Gasteiger partial charge in [-0.1, -0.05) is 6.08 Å². The van der Waals surface area contributed by atoms with Gasteiger partial charge in [0.05, 0.1) is 5.92 Å². The van der Waals surface area contributed by atoms with E-state index >= 15 is 0 Å². The van der Waals surface area contributed by atoms with Gasteiger partial charge < -0.3 is 10.0 Å². The third kappa shape index (κ3) is 2.58. The summed E-state index contributed by atoms with van der Waals surface area (Å²) in [6, 6.07) is 0. The van der Waals surface area contributed by atoms with Crippen LogP contribution in [-0.2, 0) is 9.59 Å². The minimum absolute atomic E-state index is 0.0848. The number of likely N-dealkylation sites (tertiary alicyclic amines) is 1. The number of piperidine rings is 1. The molecule has 1 amide bonds. The summed E-state index contributed by atoms with van der Waals surface area (Å²) >= 11 is 0. The van der Waals surface area contributed by atoms with Gasteiger partial charge in [-0.25, -0.2) is 0 Å². The Bertz CT molecular complexity index is 260. The molecule has 0 bridgehead atoms. The molecule has 78 valence electrons. The molecule has 0 aromatic heterocycles. The maximum absolute atomic E-state index is 11.4. The Hall–Kier alpha value is -1.32. The third-order valence-corrected chi connectivity index (χ3v) is 2.39. The standard InChI is InChI=1S/C10H15NO3/c1-2-4-9(12)11-6-3-5-8(7-11)10(13)14/h2,4,8H,3,5-7H2,1H3,(H,13,14)/b4-2+/t8-/m0/s1. The Kier molecular flexibility index (Phi) is 3.68. The average Bonchev–Trinajstić information content (AvgIpc) is 2.18. The maximum Gasteiger partial charge on any atom is 0.308 e. The highest BCUT2D eigenvalue weighted by Gasteiger charge is 2.26. The van der Waals surface area contributed by atoms with E-state index in [9.17, 15) is 9.59 Å². The van der Waals surface area contributed by atoms with E-state index in [4.69, 9.17) is 5.11 Å². The molecule has 0 unspecified atom stereocenters. The van der Waals surface area contributed by atoms with Crippen LogP contribution < -0.4 is 0 Å². The van der Waals surface area contributed by atoms with Crippen LogP contribution in [0, 0.1) is 5.92 Å². The van der Waals surface area contributed by atoms with Gasteiger partial charge in [0.1, 0.15) is 0 Å². The van der Waals surface area contributed by atoms with Crippen molar-refractivity contribution in [3.8, 4) is 0 Å². The molecule has 1 saturated heterocycles. The number of hydrogen-bond acceptors (Lipinski definition) is 2. The fourth-order valence-corrected chi connectivity index (χ4v) is 1.63. The second kappa shape index (κ2) is 4.79. The summed E-state index contributed by atoms with van der Waals surface area (Å²) in [6.07, 6.45) is 4.60. The van der Waals surface area contributed by atoms with Crippen molar-refractivity contribution >= 4 is 11.9 Å². The first-order valence-corrected chi connectivity index (χ1v) is 4.79. The van der Waals surface area contributed by atoms with Crippen LogP contribution in [0.2, 0.25) is 0 Å². The van der Waals surface area contributed by atoms with Crippen molar-refractivity contribution in [2.24, 2.45) is 5.92 Å². The van der Waals surface area contributed by atoms with Gasteiger partial charge in [-0.3, -0.25) is 9.59 Å². The predicted octanol–water partition coefficient (Wildman–Crippen LogP) is 0.886. The number of carbonyl (C=O) groups is 2. The SMILES string of the molecule is C/C=C/C(=O)N1CCC[C@H](C(=O)O)C1. The summed E-state index contributed by atoms with van der Waals surface area (Å²) in [6.45, 7) is 2.79. The minimum atomic E-state index is -0.803. The van der Waals surface area contributed by atoms with E-state index in [-0.39, 0.29) is 5.91 Å². The summed E-state index contributed by atoms with van der Waals surface area (Å²) in [4.78, 5) is 23.7. The zero-order chi connectivity index (χ0) is 10.6. The molecule has 0 aromatic rings. The molecule has 0 aromatic carbocycles. The smallest absolute Gasteiger partial charge is 0.308 e. The van der Waals surface area contributed by atoms with Crippen molar-refractivity contribution < 1.29 is 14.7 Å². The molecule has 4 nitrogen and oxygen atoms in total. The lowest BCUT2D eigenvalue weighted by Gasteiger charge is -2.29. The van der Waals surface area contributed by atoms with Gasteiger partial charge >= 0.3 is 5.97 Å². The van der Waals surface area contributed by atoms with E-state index in [1.807, 2.05) is 0 Å². The molecule has 1 fully saturated rings. The summed E-state index contributed by atoms with van der Waals surface area (Å²) < 4.78 is 0. The molecule has 4 heteroatoms. The Balaban J connectivity index is 2.55. The molecular weight excluding hydrogens is 182 g/mol. The van der Waals surface area contributed by atoms with Crippen molar-refractivity contribution in [3.05, 3.63) is 12.2 Å². The Morgan fingerprint density at radius 3 is 2.79 bits per heavy atom. The number of rotatable bonds is 2. The zero-order valence-corrected chi connectivity index (χ0v) is 8.27. The molecule has 0 aliphatic carbocycles. The van der Waals surface area contributed by atoms with Crippen molar-refractivity contribution in [3.63, 3.8) is 0 Å². The highest BCUT2D eigenvalue weighted by Crippen LogP contribution is 2.16. The van der Waals surface area contributed by atoms with Gasteiger partial charge in [0, 0.05) is 13.1 Å². The first-order valence-electron chi connectivity index (χ1n) is 4.79. The number of hydrogen-bond donors (Lipinski definition) is 1. The monoisotopic (exact) mass is 197 g/mol. The van der Waals surface area contributed by atoms with Gasteiger partial charge in [0.2, 0.25) is 5.91 Å². The van der Waals surface area contributed by atoms with Crippen LogP contribution in [0.3, 0.4) is 0 Å². The molecule has 0 spiro atoms. The van der Waals surface area contributed by atoms with Crippen LogP contribution in [0.15, 0.2) is 12.2 Å². The molecule has 1 atom stereocenters. The lowest BCUT2D eigenvalue weighted by molar-refractivity contribution is -0.144. The molecule has 1 aliphatic rings. The third-order valence-electron chi connectivity index (χ3n) is 2.39. The van der Waals surface area contributed by atoms with E-state index < -0.39 is 11.9 Å². The van der Waals surface area contributed by atoms with Crippen LogP contribution in [-0.4, -0.2) is 35.0 Å². The van der Waals surface area contributed by atoms with Crippen LogP contribution in [0.5, 0.6) is 0 Å². The highest BCUT2D eigenvalue weighted by molar-refractivity contribution is 5.88. The zero-order valence-electron chi connectivity index (χ0n) is 8.27. The molecule has 1 aliphatic heterocycles. The first kappa shape index (κ1) is 10.8. The Morgan fingerprint density at radius 1 is 1.50 bits per heavy atom. The fourth-order valence-electron chi connectivity index (χ4n) is 1.63. The van der Waals surface area contributed by atoms with Crippen molar-refractivity contribution in [1.82, 2.24) is 4.90 Å². The largest absolute Gasteiger partial charge is 0.481 e. The average molecular weight is 197 g/mol. The van der Waals surface area contributed by atoms with E-state index in [0.29, 0.717) is 19.5 Å². The Morgan fingerprint density at radius 2 is 2.21 bits per heavy atom. The van der Waals surface area contributed by atoms with Crippen LogP contribution >= 0.6 is 0 Å². The number of carboxylic acids is 1. The summed E-state index contributed by atoms with van der Waals surface area (Å²) in [5.74, 6) is -1.28. The van der Waals surface area contributed by atoms with Gasteiger partial charge in [-0.2, -0.15) is 0 Å². The number of nitrogens with zero attached hydrogens (tertiary/aromatic N) is 1. The van der Waals surface area contributed by atoms with Crippen molar-refractivity contribution in [2.45, 2.75) is 19.8 Å². The number of aliphatic carboxylic acids is 1. The van der Waals surface area contributed by atoms with Crippen LogP contribution in [0.4, 0.5) is 0 Å². The van der Waals surface area contributed by atoms with Gasteiger partial charge in [-0.05, 0) is 25.8 Å². The highest BCUT2D eigenvalue weighted by atomic mass is 16.4. The Labute approximate surface area is 83.2 Å². The second-order valence-corrected chi connectivity index (χ2v) is 3.46. The van der Waals surface area contributed by atoms with E-state index in [2.05, 4.69) is 0 Å². The lowest BCUT2D eigenvalue weighted by Crippen LogP contribution is -2.41. The minimum Gasteiger partial charge on any atom is -0.481 e. The van der Waals surface area contributed by atoms with E-state index in [0.717, 1.165) is 6.42 Å². The first-order chi connectivity index (χ1) is 6.65. The normalized spacial score (nSPS) is 22.6. The summed E-state index contributed by atoms with van der Waals surface area (Å²) in [7, 11) is 0. The molecule has 0 saturated carbocycles. The summed E-state index contributed by atoms with van der Waals surface area (Å²) in [5, 5.41) is 8.81. The van der Waals surface area contributed by atoms with Gasteiger partial charge in [-0.15, -0.1) is 0 Å².